The number of pyridine rings is 1. The molecule has 1 amide bonds. The van der Waals surface area contributed by atoms with Gasteiger partial charge in [-0.15, -0.1) is 0 Å². The van der Waals surface area contributed by atoms with Gasteiger partial charge in [0.15, 0.2) is 0 Å². The summed E-state index contributed by atoms with van der Waals surface area (Å²) in [5.74, 6) is -0.0875. The molecular formula is C16H16N2O3. The summed E-state index contributed by atoms with van der Waals surface area (Å²) < 4.78 is 5.75. The van der Waals surface area contributed by atoms with Crippen molar-refractivity contribution in [2.45, 2.75) is 6.10 Å². The quantitative estimate of drug-likeness (QED) is 0.911. The van der Waals surface area contributed by atoms with E-state index in [9.17, 15) is 9.59 Å². The number of ether oxygens (including phenoxy) is 1. The predicted octanol–water partition coefficient (Wildman–Crippen LogP) is 1.59. The number of aromatic amines is 1. The molecule has 0 spiro atoms. The van der Waals surface area contributed by atoms with E-state index in [2.05, 4.69) is 4.98 Å². The van der Waals surface area contributed by atoms with Crippen molar-refractivity contribution in [3.05, 3.63) is 70.1 Å². The Kier molecular flexibility index (Phi) is 3.83. The van der Waals surface area contributed by atoms with Crippen molar-refractivity contribution >= 4 is 5.91 Å². The van der Waals surface area contributed by atoms with Gasteiger partial charge in [0.2, 0.25) is 5.56 Å². The van der Waals surface area contributed by atoms with Crippen molar-refractivity contribution in [3.63, 3.8) is 0 Å². The lowest BCUT2D eigenvalue weighted by molar-refractivity contribution is -0.0228. The van der Waals surface area contributed by atoms with E-state index in [0.29, 0.717) is 25.3 Å². The normalized spacial score (nSPS) is 18.5. The molecule has 1 aliphatic rings. The molecule has 1 atom stereocenters. The number of carbonyl (C=O) groups is 1. The van der Waals surface area contributed by atoms with Crippen molar-refractivity contribution < 1.29 is 9.53 Å². The van der Waals surface area contributed by atoms with Gasteiger partial charge < -0.3 is 14.6 Å². The predicted molar refractivity (Wildman–Crippen MR) is 78.1 cm³/mol. The zero-order valence-corrected chi connectivity index (χ0v) is 11.5. The van der Waals surface area contributed by atoms with Crippen molar-refractivity contribution in [1.82, 2.24) is 9.88 Å². The summed E-state index contributed by atoms with van der Waals surface area (Å²) in [5, 5.41) is 0. The number of rotatable bonds is 2. The third-order valence-electron chi connectivity index (χ3n) is 3.56. The Labute approximate surface area is 122 Å². The van der Waals surface area contributed by atoms with Crippen LogP contribution in [-0.2, 0) is 4.74 Å². The molecule has 1 saturated heterocycles. The first kappa shape index (κ1) is 13.6. The van der Waals surface area contributed by atoms with E-state index in [0.717, 1.165) is 5.56 Å². The topological polar surface area (TPSA) is 62.4 Å². The molecular weight excluding hydrogens is 268 g/mol. The number of nitrogens with one attached hydrogen (secondary N) is 1. The minimum absolute atomic E-state index is 0.0875. The average molecular weight is 284 g/mol. The van der Waals surface area contributed by atoms with E-state index in [4.69, 9.17) is 4.74 Å². The van der Waals surface area contributed by atoms with Crippen LogP contribution < -0.4 is 5.56 Å². The van der Waals surface area contributed by atoms with Gasteiger partial charge >= 0.3 is 0 Å². The minimum atomic E-state index is -0.212. The van der Waals surface area contributed by atoms with Gasteiger partial charge in [-0.25, -0.2) is 0 Å². The second-order valence-corrected chi connectivity index (χ2v) is 4.96. The van der Waals surface area contributed by atoms with E-state index in [1.807, 2.05) is 30.3 Å². The molecule has 1 aliphatic heterocycles. The first-order valence-electron chi connectivity index (χ1n) is 6.88. The van der Waals surface area contributed by atoms with Gasteiger partial charge in [-0.2, -0.15) is 0 Å². The van der Waals surface area contributed by atoms with Crippen LogP contribution in [0, 0.1) is 0 Å². The Morgan fingerprint density at radius 2 is 2.00 bits per heavy atom. The molecule has 1 N–H and O–H groups in total. The lowest BCUT2D eigenvalue weighted by Gasteiger charge is -2.33. The first-order chi connectivity index (χ1) is 10.2. The van der Waals surface area contributed by atoms with Crippen LogP contribution in [0.25, 0.3) is 0 Å². The molecule has 2 aromatic rings. The van der Waals surface area contributed by atoms with Crippen molar-refractivity contribution in [2.24, 2.45) is 0 Å². The monoisotopic (exact) mass is 284 g/mol. The molecule has 5 nitrogen and oxygen atoms in total. The summed E-state index contributed by atoms with van der Waals surface area (Å²) in [7, 11) is 0. The highest BCUT2D eigenvalue weighted by molar-refractivity contribution is 5.93. The molecule has 2 heterocycles. The molecule has 3 rings (SSSR count). The highest BCUT2D eigenvalue weighted by Gasteiger charge is 2.26. The molecule has 21 heavy (non-hydrogen) atoms. The SMILES string of the molecule is O=C(c1ccc(=O)[nH]c1)N1CCO[C@H](c2ccccc2)C1. The standard InChI is InChI=1S/C16H16N2O3/c19-15-7-6-13(10-17-15)16(20)18-8-9-21-14(11-18)12-4-2-1-3-5-12/h1-7,10,14H,8-9,11H2,(H,17,19)/t14-/m0/s1. The molecule has 0 saturated carbocycles. The number of H-pyrrole nitrogens is 1. The summed E-state index contributed by atoms with van der Waals surface area (Å²) in [6.07, 6.45) is 1.35. The number of morpholine rings is 1. The second-order valence-electron chi connectivity index (χ2n) is 4.96. The molecule has 0 aliphatic carbocycles. The molecule has 0 radical (unpaired) electrons. The maximum absolute atomic E-state index is 12.4. The van der Waals surface area contributed by atoms with Gasteiger partial charge in [0.25, 0.3) is 5.91 Å². The number of amides is 1. The van der Waals surface area contributed by atoms with E-state index in [1.54, 1.807) is 11.0 Å². The molecule has 0 bridgehead atoms. The van der Waals surface area contributed by atoms with Crippen molar-refractivity contribution in [3.8, 4) is 0 Å². The Morgan fingerprint density at radius 3 is 2.71 bits per heavy atom. The zero-order chi connectivity index (χ0) is 14.7. The zero-order valence-electron chi connectivity index (χ0n) is 11.5. The lowest BCUT2D eigenvalue weighted by atomic mass is 10.1. The number of aromatic nitrogens is 1. The third kappa shape index (κ3) is 3.03. The van der Waals surface area contributed by atoms with Crippen LogP contribution in [0.15, 0.2) is 53.5 Å². The van der Waals surface area contributed by atoms with Gasteiger partial charge in [0.1, 0.15) is 6.10 Å². The highest BCUT2D eigenvalue weighted by atomic mass is 16.5. The van der Waals surface area contributed by atoms with Crippen LogP contribution in [-0.4, -0.2) is 35.5 Å². The van der Waals surface area contributed by atoms with Gasteiger partial charge in [-0.05, 0) is 11.6 Å². The average Bonchev–Trinajstić information content (AvgIpc) is 2.56. The molecule has 1 fully saturated rings. The maximum Gasteiger partial charge on any atom is 0.255 e. The van der Waals surface area contributed by atoms with Crippen LogP contribution >= 0.6 is 0 Å². The van der Waals surface area contributed by atoms with E-state index in [1.165, 1.54) is 12.3 Å². The van der Waals surface area contributed by atoms with Gasteiger partial charge in [-0.3, -0.25) is 9.59 Å². The summed E-state index contributed by atoms with van der Waals surface area (Å²) in [4.78, 5) is 27.8. The highest BCUT2D eigenvalue weighted by Crippen LogP contribution is 2.22. The van der Waals surface area contributed by atoms with Crippen LogP contribution in [0.4, 0.5) is 0 Å². The number of hydrogen-bond acceptors (Lipinski definition) is 3. The summed E-state index contributed by atoms with van der Waals surface area (Å²) in [6, 6.07) is 12.8. The Morgan fingerprint density at radius 1 is 1.19 bits per heavy atom. The van der Waals surface area contributed by atoms with Crippen LogP contribution in [0.3, 0.4) is 0 Å². The molecule has 1 aromatic heterocycles. The van der Waals surface area contributed by atoms with Gasteiger partial charge in [0.05, 0.1) is 18.7 Å². The Hall–Kier alpha value is -2.40. The lowest BCUT2D eigenvalue weighted by Crippen LogP contribution is -2.42. The third-order valence-corrected chi connectivity index (χ3v) is 3.56. The molecule has 5 heteroatoms. The van der Waals surface area contributed by atoms with Gasteiger partial charge in [-0.1, -0.05) is 30.3 Å². The largest absolute Gasteiger partial charge is 0.370 e. The fraction of sp³-hybridized carbons (Fsp3) is 0.250. The van der Waals surface area contributed by atoms with Crippen LogP contribution in [0.1, 0.15) is 22.0 Å². The molecule has 1 aromatic carbocycles. The summed E-state index contributed by atoms with van der Waals surface area (Å²) in [6.45, 7) is 1.58. The van der Waals surface area contributed by atoms with Crippen molar-refractivity contribution in [2.75, 3.05) is 19.7 Å². The number of benzene rings is 1. The second kappa shape index (κ2) is 5.93. The Bertz CT molecular complexity index is 661. The molecule has 108 valence electrons. The van der Waals surface area contributed by atoms with Gasteiger partial charge in [0, 0.05) is 18.8 Å². The fourth-order valence-electron chi connectivity index (χ4n) is 2.43. The smallest absolute Gasteiger partial charge is 0.255 e. The minimum Gasteiger partial charge on any atom is -0.370 e. The number of carbonyl (C=O) groups excluding carboxylic acids is 1. The summed E-state index contributed by atoms with van der Waals surface area (Å²) in [5.41, 5.74) is 1.34. The van der Waals surface area contributed by atoms with Crippen LogP contribution in [0.5, 0.6) is 0 Å². The Balaban J connectivity index is 1.75. The van der Waals surface area contributed by atoms with Crippen molar-refractivity contribution in [1.29, 1.82) is 0 Å². The molecule has 0 unspecified atom stereocenters. The number of hydrogen-bond donors (Lipinski definition) is 1. The summed E-state index contributed by atoms with van der Waals surface area (Å²) >= 11 is 0. The number of nitrogens with zero attached hydrogens (tertiary/aromatic N) is 1. The first-order valence-corrected chi connectivity index (χ1v) is 6.88. The van der Waals surface area contributed by atoms with E-state index in [-0.39, 0.29) is 17.6 Å². The van der Waals surface area contributed by atoms with E-state index >= 15 is 0 Å². The fourth-order valence-corrected chi connectivity index (χ4v) is 2.43. The van der Waals surface area contributed by atoms with Crippen LogP contribution in [0.2, 0.25) is 0 Å². The van der Waals surface area contributed by atoms with E-state index < -0.39 is 0 Å². The maximum atomic E-state index is 12.4.